The lowest BCUT2D eigenvalue weighted by Crippen LogP contribution is -2.37. The largest absolute Gasteiger partial charge is 0.370 e. The van der Waals surface area contributed by atoms with Gasteiger partial charge in [-0.05, 0) is 26.3 Å². The van der Waals surface area contributed by atoms with E-state index in [4.69, 9.17) is 4.74 Å². The van der Waals surface area contributed by atoms with Gasteiger partial charge in [-0.1, -0.05) is 6.42 Å². The summed E-state index contributed by atoms with van der Waals surface area (Å²) in [6.45, 7) is 4.02. The Kier molecular flexibility index (Phi) is 4.11. The van der Waals surface area contributed by atoms with Gasteiger partial charge < -0.3 is 10.1 Å². The van der Waals surface area contributed by atoms with Crippen molar-refractivity contribution in [3.63, 3.8) is 0 Å². The third kappa shape index (κ3) is 3.26. The molecule has 1 N–H and O–H groups in total. The van der Waals surface area contributed by atoms with E-state index in [1.54, 1.807) is 11.3 Å². The monoisotopic (exact) mass is 226 g/mol. The van der Waals surface area contributed by atoms with E-state index < -0.39 is 0 Å². The first-order chi connectivity index (χ1) is 7.36. The highest BCUT2D eigenvalue weighted by atomic mass is 32.1. The number of nitrogens with zero attached hydrogens (tertiary/aromatic N) is 1. The molecule has 0 unspecified atom stereocenters. The number of rotatable bonds is 4. The molecule has 0 spiro atoms. The molecular formula is C11H18N2OS. The molecule has 0 saturated carbocycles. The lowest BCUT2D eigenvalue weighted by molar-refractivity contribution is 0.0439. The first-order valence-electron chi connectivity index (χ1n) is 5.60. The fourth-order valence-corrected chi connectivity index (χ4v) is 2.48. The van der Waals surface area contributed by atoms with Crippen molar-refractivity contribution >= 4 is 11.3 Å². The maximum Gasteiger partial charge on any atom is 0.121 e. The van der Waals surface area contributed by atoms with Gasteiger partial charge in [0.15, 0.2) is 0 Å². The number of nitrogens with one attached hydrogen (secondary N) is 1. The quantitative estimate of drug-likeness (QED) is 0.856. The Labute approximate surface area is 94.9 Å². The molecule has 2 atom stereocenters. The fourth-order valence-electron chi connectivity index (χ4n) is 1.83. The number of piperidine rings is 1. The zero-order valence-corrected chi connectivity index (χ0v) is 9.93. The van der Waals surface area contributed by atoms with E-state index in [-0.39, 0.29) is 6.10 Å². The van der Waals surface area contributed by atoms with Crippen molar-refractivity contribution in [2.45, 2.75) is 38.3 Å². The Morgan fingerprint density at radius 1 is 1.67 bits per heavy atom. The van der Waals surface area contributed by atoms with E-state index in [1.807, 2.05) is 11.6 Å². The zero-order chi connectivity index (χ0) is 10.5. The highest BCUT2D eigenvalue weighted by Gasteiger charge is 2.15. The Hall–Kier alpha value is -0.450. The molecule has 1 fully saturated rings. The number of ether oxygens (including phenoxy) is 1. The predicted octanol–water partition coefficient (Wildman–Crippen LogP) is 2.36. The molecule has 84 valence electrons. The SMILES string of the molecule is C[C@H](OC[C@@H]1CCCCN1)c1nccs1. The summed E-state index contributed by atoms with van der Waals surface area (Å²) in [5, 5.41) is 6.55. The summed E-state index contributed by atoms with van der Waals surface area (Å²) < 4.78 is 5.81. The van der Waals surface area contributed by atoms with Crippen LogP contribution in [0.25, 0.3) is 0 Å². The normalized spacial score (nSPS) is 23.9. The molecule has 1 aliphatic heterocycles. The van der Waals surface area contributed by atoms with E-state index in [0.717, 1.165) is 18.2 Å². The molecule has 2 rings (SSSR count). The highest BCUT2D eigenvalue weighted by molar-refractivity contribution is 7.09. The van der Waals surface area contributed by atoms with E-state index in [9.17, 15) is 0 Å². The maximum atomic E-state index is 5.81. The average molecular weight is 226 g/mol. The lowest BCUT2D eigenvalue weighted by atomic mass is 10.1. The molecule has 0 radical (unpaired) electrons. The van der Waals surface area contributed by atoms with Crippen LogP contribution < -0.4 is 5.32 Å². The molecule has 2 heterocycles. The van der Waals surface area contributed by atoms with E-state index in [2.05, 4.69) is 17.2 Å². The molecule has 0 bridgehead atoms. The van der Waals surface area contributed by atoms with Crippen LogP contribution in [0.2, 0.25) is 0 Å². The third-order valence-corrected chi connectivity index (χ3v) is 3.70. The molecule has 15 heavy (non-hydrogen) atoms. The fraction of sp³-hybridized carbons (Fsp3) is 0.727. The topological polar surface area (TPSA) is 34.1 Å². The van der Waals surface area contributed by atoms with Gasteiger partial charge in [0.1, 0.15) is 11.1 Å². The molecule has 4 heteroatoms. The molecular weight excluding hydrogens is 208 g/mol. The van der Waals surface area contributed by atoms with Gasteiger partial charge in [-0.15, -0.1) is 11.3 Å². The highest BCUT2D eigenvalue weighted by Crippen LogP contribution is 2.19. The summed E-state index contributed by atoms with van der Waals surface area (Å²) in [5.74, 6) is 0. The summed E-state index contributed by atoms with van der Waals surface area (Å²) in [6, 6.07) is 0.543. The van der Waals surface area contributed by atoms with Gasteiger partial charge in [0.2, 0.25) is 0 Å². The minimum Gasteiger partial charge on any atom is -0.370 e. The molecule has 0 amide bonds. The van der Waals surface area contributed by atoms with Crippen molar-refractivity contribution in [2.75, 3.05) is 13.2 Å². The van der Waals surface area contributed by atoms with Crippen molar-refractivity contribution < 1.29 is 4.74 Å². The van der Waals surface area contributed by atoms with Crippen molar-refractivity contribution in [1.82, 2.24) is 10.3 Å². The van der Waals surface area contributed by atoms with Gasteiger partial charge in [0, 0.05) is 17.6 Å². The maximum absolute atomic E-state index is 5.81. The molecule has 1 aliphatic rings. The number of hydrogen-bond donors (Lipinski definition) is 1. The van der Waals surface area contributed by atoms with Gasteiger partial charge in [0.05, 0.1) is 6.61 Å². The average Bonchev–Trinajstić information content (AvgIpc) is 2.81. The summed E-state index contributed by atoms with van der Waals surface area (Å²) in [6.07, 6.45) is 5.84. The minimum atomic E-state index is 0.133. The predicted molar refractivity (Wildman–Crippen MR) is 62.1 cm³/mol. The standard InChI is InChI=1S/C11H18N2OS/c1-9(11-13-6-7-15-11)14-8-10-4-2-3-5-12-10/h6-7,9-10,12H,2-5,8H2,1H3/t9-,10-/m0/s1. The molecule has 1 saturated heterocycles. The first kappa shape index (κ1) is 11.0. The first-order valence-corrected chi connectivity index (χ1v) is 6.48. The van der Waals surface area contributed by atoms with Crippen LogP contribution in [0.3, 0.4) is 0 Å². The zero-order valence-electron chi connectivity index (χ0n) is 9.11. The van der Waals surface area contributed by atoms with Crippen LogP contribution in [-0.4, -0.2) is 24.2 Å². The number of aromatic nitrogens is 1. The minimum absolute atomic E-state index is 0.133. The van der Waals surface area contributed by atoms with E-state index >= 15 is 0 Å². The second-order valence-electron chi connectivity index (χ2n) is 3.99. The van der Waals surface area contributed by atoms with Crippen molar-refractivity contribution in [1.29, 1.82) is 0 Å². The van der Waals surface area contributed by atoms with Crippen molar-refractivity contribution in [3.8, 4) is 0 Å². The van der Waals surface area contributed by atoms with Gasteiger partial charge in [-0.2, -0.15) is 0 Å². The van der Waals surface area contributed by atoms with E-state index in [1.165, 1.54) is 19.3 Å². The Morgan fingerprint density at radius 2 is 2.60 bits per heavy atom. The van der Waals surface area contributed by atoms with E-state index in [0.29, 0.717) is 6.04 Å². The molecule has 0 aliphatic carbocycles. The number of hydrogen-bond acceptors (Lipinski definition) is 4. The Balaban J connectivity index is 1.73. The van der Waals surface area contributed by atoms with Crippen LogP contribution in [-0.2, 0) is 4.74 Å². The van der Waals surface area contributed by atoms with Crippen LogP contribution in [0.15, 0.2) is 11.6 Å². The van der Waals surface area contributed by atoms with Crippen molar-refractivity contribution in [3.05, 3.63) is 16.6 Å². The second-order valence-corrected chi connectivity index (χ2v) is 4.92. The van der Waals surface area contributed by atoms with Crippen LogP contribution in [0, 0.1) is 0 Å². The van der Waals surface area contributed by atoms with Gasteiger partial charge in [0.25, 0.3) is 0 Å². The summed E-state index contributed by atoms with van der Waals surface area (Å²) in [5.41, 5.74) is 0. The Morgan fingerprint density at radius 3 is 3.27 bits per heavy atom. The third-order valence-electron chi connectivity index (χ3n) is 2.76. The molecule has 1 aromatic rings. The van der Waals surface area contributed by atoms with Crippen molar-refractivity contribution in [2.24, 2.45) is 0 Å². The summed E-state index contributed by atoms with van der Waals surface area (Å²) >= 11 is 1.66. The van der Waals surface area contributed by atoms with Crippen LogP contribution in [0.4, 0.5) is 0 Å². The van der Waals surface area contributed by atoms with Crippen LogP contribution >= 0.6 is 11.3 Å². The van der Waals surface area contributed by atoms with Gasteiger partial charge in [-0.3, -0.25) is 0 Å². The smallest absolute Gasteiger partial charge is 0.121 e. The summed E-state index contributed by atoms with van der Waals surface area (Å²) in [4.78, 5) is 4.25. The molecule has 1 aromatic heterocycles. The van der Waals surface area contributed by atoms with Gasteiger partial charge in [-0.25, -0.2) is 4.98 Å². The van der Waals surface area contributed by atoms with Crippen LogP contribution in [0.1, 0.15) is 37.3 Å². The number of thiazole rings is 1. The molecule has 3 nitrogen and oxygen atoms in total. The lowest BCUT2D eigenvalue weighted by Gasteiger charge is -2.24. The van der Waals surface area contributed by atoms with Gasteiger partial charge >= 0.3 is 0 Å². The second kappa shape index (κ2) is 5.58. The Bertz CT molecular complexity index is 270. The van der Waals surface area contributed by atoms with Crippen LogP contribution in [0.5, 0.6) is 0 Å². The summed E-state index contributed by atoms with van der Waals surface area (Å²) in [7, 11) is 0. The molecule has 0 aromatic carbocycles.